The van der Waals surface area contributed by atoms with Crippen LogP contribution in [0.5, 0.6) is 0 Å². The molecule has 8 nitrogen and oxygen atoms in total. The van der Waals surface area contributed by atoms with Crippen molar-refractivity contribution < 1.29 is 9.72 Å². The molecule has 34 heavy (non-hydrogen) atoms. The Labute approximate surface area is 197 Å². The maximum absolute atomic E-state index is 13.0. The molecule has 4 aromatic rings. The van der Waals surface area contributed by atoms with Crippen LogP contribution in [0.25, 0.3) is 22.0 Å². The van der Waals surface area contributed by atoms with Crippen LogP contribution in [0.3, 0.4) is 0 Å². The second-order valence-electron chi connectivity index (χ2n) is 7.69. The van der Waals surface area contributed by atoms with Gasteiger partial charge >= 0.3 is 0 Å². The predicted molar refractivity (Wildman–Crippen MR) is 135 cm³/mol. The van der Waals surface area contributed by atoms with Crippen LogP contribution in [0.4, 0.5) is 11.4 Å². The number of nitrogens with one attached hydrogen (secondary N) is 2. The number of amides is 1. The summed E-state index contributed by atoms with van der Waals surface area (Å²) in [6.07, 6.45) is 1.58. The average Bonchev–Trinajstić information content (AvgIpc) is 3.25. The zero-order chi connectivity index (χ0) is 24.1. The molecule has 3 aromatic carbocycles. The van der Waals surface area contributed by atoms with Crippen molar-refractivity contribution in [2.45, 2.75) is 13.8 Å². The Kier molecular flexibility index (Phi) is 6.68. The van der Waals surface area contributed by atoms with Crippen LogP contribution in [0.2, 0.25) is 0 Å². The Hall–Kier alpha value is -4.46. The van der Waals surface area contributed by atoms with E-state index < -0.39 is 10.8 Å². The number of anilines is 1. The highest BCUT2D eigenvalue weighted by molar-refractivity contribution is 6.10. The van der Waals surface area contributed by atoms with Gasteiger partial charge in [-0.05, 0) is 43.2 Å². The summed E-state index contributed by atoms with van der Waals surface area (Å²) in [7, 11) is 0. The molecule has 0 saturated heterocycles. The first kappa shape index (κ1) is 22.7. The van der Waals surface area contributed by atoms with Crippen molar-refractivity contribution in [3.63, 3.8) is 0 Å². The van der Waals surface area contributed by atoms with E-state index >= 15 is 0 Å². The molecule has 0 saturated carbocycles. The summed E-state index contributed by atoms with van der Waals surface area (Å²) in [5.41, 5.74) is 6.80. The lowest BCUT2D eigenvalue weighted by molar-refractivity contribution is -0.384. The molecule has 0 aliphatic rings. The van der Waals surface area contributed by atoms with E-state index in [0.717, 1.165) is 29.9 Å². The number of hydrazone groups is 1. The van der Waals surface area contributed by atoms with Crippen molar-refractivity contribution in [3.8, 4) is 11.1 Å². The van der Waals surface area contributed by atoms with Crippen molar-refractivity contribution in [3.05, 3.63) is 94.2 Å². The van der Waals surface area contributed by atoms with Gasteiger partial charge in [0.1, 0.15) is 5.69 Å². The molecule has 0 spiro atoms. The zero-order valence-corrected chi connectivity index (χ0v) is 19.0. The second kappa shape index (κ2) is 9.99. The predicted octanol–water partition coefficient (Wildman–Crippen LogP) is 5.35. The Balaban J connectivity index is 1.62. The van der Waals surface area contributed by atoms with E-state index in [1.54, 1.807) is 12.3 Å². The number of aromatic nitrogens is 1. The number of carbonyl (C=O) groups excluding carboxylic acids is 1. The van der Waals surface area contributed by atoms with Gasteiger partial charge in [-0.15, -0.1) is 0 Å². The van der Waals surface area contributed by atoms with Gasteiger partial charge < -0.3 is 9.88 Å². The first-order valence-corrected chi connectivity index (χ1v) is 11.1. The summed E-state index contributed by atoms with van der Waals surface area (Å²) in [5.74, 6) is -0.436. The minimum atomic E-state index is -0.448. The van der Waals surface area contributed by atoms with Gasteiger partial charge in [0.15, 0.2) is 0 Å². The molecule has 0 aliphatic heterocycles. The van der Waals surface area contributed by atoms with Gasteiger partial charge in [-0.3, -0.25) is 14.9 Å². The number of nitrogens with zero attached hydrogens (tertiary/aromatic N) is 3. The highest BCUT2D eigenvalue weighted by Crippen LogP contribution is 2.34. The zero-order valence-electron chi connectivity index (χ0n) is 19.0. The fourth-order valence-electron chi connectivity index (χ4n) is 3.95. The fourth-order valence-corrected chi connectivity index (χ4v) is 3.95. The van der Waals surface area contributed by atoms with Gasteiger partial charge in [-0.2, -0.15) is 5.10 Å². The van der Waals surface area contributed by atoms with Gasteiger partial charge in [0.25, 0.3) is 11.6 Å². The maximum Gasteiger partial charge on any atom is 0.288 e. The number of nitro benzene ring substituents is 1. The number of nitro groups is 1. The molecule has 1 amide bonds. The molecule has 2 N–H and O–H groups in total. The van der Waals surface area contributed by atoms with Crippen molar-refractivity contribution in [2.75, 3.05) is 18.0 Å². The monoisotopic (exact) mass is 455 g/mol. The van der Waals surface area contributed by atoms with E-state index in [9.17, 15) is 14.9 Å². The molecule has 172 valence electrons. The van der Waals surface area contributed by atoms with Crippen LogP contribution in [0.15, 0.2) is 77.9 Å². The molecule has 4 rings (SSSR count). The number of hydrogen-bond acceptors (Lipinski definition) is 5. The minimum Gasteiger partial charge on any atom is -0.372 e. The Morgan fingerprint density at radius 2 is 1.76 bits per heavy atom. The van der Waals surface area contributed by atoms with Crippen molar-refractivity contribution in [1.82, 2.24) is 10.4 Å². The molecule has 0 aliphatic carbocycles. The summed E-state index contributed by atoms with van der Waals surface area (Å²) < 4.78 is 0. The van der Waals surface area contributed by atoms with E-state index in [1.165, 1.54) is 12.1 Å². The highest BCUT2D eigenvalue weighted by atomic mass is 16.6. The fraction of sp³-hybridized carbons (Fsp3) is 0.154. The highest BCUT2D eigenvalue weighted by Gasteiger charge is 2.21. The van der Waals surface area contributed by atoms with Gasteiger partial charge in [0, 0.05) is 47.4 Å². The number of H-pyrrole nitrogens is 1. The molecule has 8 heteroatoms. The average molecular weight is 456 g/mol. The molecule has 1 aromatic heterocycles. The van der Waals surface area contributed by atoms with E-state index in [-0.39, 0.29) is 11.4 Å². The third-order valence-electron chi connectivity index (χ3n) is 5.68. The summed E-state index contributed by atoms with van der Waals surface area (Å²) >= 11 is 0. The van der Waals surface area contributed by atoms with Crippen molar-refractivity contribution in [2.24, 2.45) is 5.10 Å². The summed E-state index contributed by atoms with van der Waals surface area (Å²) in [6, 6.07) is 21.7. The first-order chi connectivity index (χ1) is 16.5. The number of non-ortho nitro benzene ring substituents is 1. The van der Waals surface area contributed by atoms with Gasteiger partial charge in [-0.25, -0.2) is 5.43 Å². The lowest BCUT2D eigenvalue weighted by Gasteiger charge is -2.20. The van der Waals surface area contributed by atoms with E-state index in [2.05, 4.69) is 34.3 Å². The number of benzene rings is 3. The Bertz CT molecular complexity index is 1340. The first-order valence-electron chi connectivity index (χ1n) is 11.1. The SMILES string of the molecule is CCN(CC)c1ccc(/C=N\NC(=O)c2[nH]c3ccc([N+](=O)[O-])cc3c2-c2ccccc2)cc1. The van der Waals surface area contributed by atoms with Gasteiger partial charge in [0.2, 0.25) is 0 Å². The number of carbonyl (C=O) groups is 1. The molecular formula is C26H25N5O3. The maximum atomic E-state index is 13.0. The Morgan fingerprint density at radius 3 is 2.41 bits per heavy atom. The van der Waals surface area contributed by atoms with Gasteiger partial charge in [0.05, 0.1) is 11.1 Å². The van der Waals surface area contributed by atoms with E-state index in [1.807, 2.05) is 54.6 Å². The van der Waals surface area contributed by atoms with Crippen molar-refractivity contribution in [1.29, 1.82) is 0 Å². The summed E-state index contributed by atoms with van der Waals surface area (Å²) in [6.45, 7) is 6.08. The topological polar surface area (TPSA) is 104 Å². The van der Waals surface area contributed by atoms with Gasteiger partial charge in [-0.1, -0.05) is 42.5 Å². The third-order valence-corrected chi connectivity index (χ3v) is 5.68. The van der Waals surface area contributed by atoms with Crippen molar-refractivity contribution >= 4 is 34.4 Å². The van der Waals surface area contributed by atoms with Crippen LogP contribution in [0, 0.1) is 10.1 Å². The summed E-state index contributed by atoms with van der Waals surface area (Å²) in [5, 5.41) is 16.0. The lowest BCUT2D eigenvalue weighted by atomic mass is 10.0. The van der Waals surface area contributed by atoms with Crippen LogP contribution in [-0.4, -0.2) is 35.1 Å². The van der Waals surface area contributed by atoms with Crippen LogP contribution < -0.4 is 10.3 Å². The molecule has 0 bridgehead atoms. The van der Waals surface area contributed by atoms with E-state index in [0.29, 0.717) is 16.5 Å². The normalized spacial score (nSPS) is 11.1. The molecule has 0 unspecified atom stereocenters. The lowest BCUT2D eigenvalue weighted by Crippen LogP contribution is -2.21. The molecule has 0 atom stereocenters. The molecule has 0 fully saturated rings. The number of rotatable bonds is 8. The minimum absolute atomic E-state index is 0.0400. The largest absolute Gasteiger partial charge is 0.372 e. The number of fused-ring (bicyclic) bond motifs is 1. The van der Waals surface area contributed by atoms with Crippen LogP contribution in [-0.2, 0) is 0 Å². The number of hydrogen-bond donors (Lipinski definition) is 2. The number of aromatic amines is 1. The smallest absolute Gasteiger partial charge is 0.288 e. The second-order valence-corrected chi connectivity index (χ2v) is 7.69. The molecule has 0 radical (unpaired) electrons. The standard InChI is InChI=1S/C26H25N5O3/c1-3-30(4-2)20-12-10-18(11-13-20)17-27-29-26(32)25-24(19-8-6-5-7-9-19)22-16-21(31(33)34)14-15-23(22)28-25/h5-17,28H,3-4H2,1-2H3,(H,29,32)/b27-17-. The summed E-state index contributed by atoms with van der Waals surface area (Å²) in [4.78, 5) is 29.2. The molecule has 1 heterocycles. The molecular weight excluding hydrogens is 430 g/mol. The third kappa shape index (κ3) is 4.66. The van der Waals surface area contributed by atoms with Crippen LogP contribution >= 0.6 is 0 Å². The quantitative estimate of drug-likeness (QED) is 0.212. The van der Waals surface area contributed by atoms with Crippen LogP contribution in [0.1, 0.15) is 29.9 Å². The van der Waals surface area contributed by atoms with E-state index in [4.69, 9.17) is 0 Å². The Morgan fingerprint density at radius 1 is 1.06 bits per heavy atom.